The number of aryl methyl sites for hydroxylation is 1. The third-order valence-electron chi connectivity index (χ3n) is 4.30. The molecule has 0 saturated carbocycles. The third kappa shape index (κ3) is 3.61. The van der Waals surface area contributed by atoms with E-state index in [2.05, 4.69) is 10.3 Å². The molecule has 1 fully saturated rings. The van der Waals surface area contributed by atoms with Crippen LogP contribution < -0.4 is 19.5 Å². The van der Waals surface area contributed by atoms with Gasteiger partial charge < -0.3 is 24.3 Å². The number of carbonyl (C=O) groups is 1. The number of ether oxygens (including phenoxy) is 4. The Morgan fingerprint density at radius 3 is 3.04 bits per heavy atom. The maximum atomic E-state index is 12.7. The second-order valence-corrected chi connectivity index (χ2v) is 7.07. The summed E-state index contributed by atoms with van der Waals surface area (Å²) >= 11 is 1.32. The van der Waals surface area contributed by atoms with Crippen LogP contribution in [0.1, 0.15) is 21.8 Å². The lowest BCUT2D eigenvalue weighted by atomic mass is 10.1. The van der Waals surface area contributed by atoms with Crippen LogP contribution in [0.3, 0.4) is 0 Å². The van der Waals surface area contributed by atoms with E-state index in [1.165, 1.54) is 11.3 Å². The molecule has 2 aromatic heterocycles. The van der Waals surface area contributed by atoms with E-state index >= 15 is 0 Å². The standard InChI is InChI=1S/C18H20N2O5S/c1-11-2-3-12(8-19-11)25-14-9-22-5-4-13(14)20-18(21)17-16-15(10-26-17)23-6-7-24-16/h2-3,8,10,13-14H,4-7,9H2,1H3,(H,20,21)/t13-,14+/m0/s1. The summed E-state index contributed by atoms with van der Waals surface area (Å²) in [5.41, 5.74) is 0.923. The van der Waals surface area contributed by atoms with Gasteiger partial charge in [-0.1, -0.05) is 0 Å². The van der Waals surface area contributed by atoms with Gasteiger partial charge in [-0.05, 0) is 25.5 Å². The Balaban J connectivity index is 1.45. The number of rotatable bonds is 4. The first kappa shape index (κ1) is 17.1. The molecule has 4 rings (SSSR count). The Hall–Kier alpha value is -2.32. The van der Waals surface area contributed by atoms with Crippen molar-refractivity contribution in [1.29, 1.82) is 0 Å². The molecule has 1 saturated heterocycles. The van der Waals surface area contributed by atoms with Crippen LogP contribution in [0, 0.1) is 6.92 Å². The second kappa shape index (κ2) is 7.51. The van der Waals surface area contributed by atoms with Crippen LogP contribution in [0.2, 0.25) is 0 Å². The van der Waals surface area contributed by atoms with Crippen molar-refractivity contribution in [2.24, 2.45) is 0 Å². The fourth-order valence-corrected chi connectivity index (χ4v) is 3.78. The summed E-state index contributed by atoms with van der Waals surface area (Å²) in [6.07, 6.45) is 2.09. The van der Waals surface area contributed by atoms with Crippen molar-refractivity contribution >= 4 is 17.2 Å². The molecule has 2 atom stereocenters. The number of fused-ring (bicyclic) bond motifs is 1. The van der Waals surface area contributed by atoms with E-state index in [-0.39, 0.29) is 18.1 Å². The van der Waals surface area contributed by atoms with Crippen molar-refractivity contribution in [3.8, 4) is 17.2 Å². The number of carbonyl (C=O) groups excluding carboxylic acids is 1. The Morgan fingerprint density at radius 2 is 2.19 bits per heavy atom. The lowest BCUT2D eigenvalue weighted by Crippen LogP contribution is -2.51. The highest BCUT2D eigenvalue weighted by Gasteiger charge is 2.31. The number of nitrogens with zero attached hydrogens (tertiary/aromatic N) is 1. The van der Waals surface area contributed by atoms with Gasteiger partial charge >= 0.3 is 0 Å². The van der Waals surface area contributed by atoms with Gasteiger partial charge in [0.1, 0.15) is 29.9 Å². The summed E-state index contributed by atoms with van der Waals surface area (Å²) in [6.45, 7) is 3.88. The SMILES string of the molecule is Cc1ccc(O[C@@H]2COCC[C@@H]2NC(=O)c2scc3c2OCCO3)cn1. The highest BCUT2D eigenvalue weighted by Crippen LogP contribution is 2.39. The molecule has 2 aliphatic rings. The number of thiophene rings is 1. The zero-order chi connectivity index (χ0) is 17.9. The van der Waals surface area contributed by atoms with E-state index in [0.717, 1.165) is 5.69 Å². The third-order valence-corrected chi connectivity index (χ3v) is 5.24. The number of pyridine rings is 1. The smallest absolute Gasteiger partial charge is 0.265 e. The molecule has 2 aliphatic heterocycles. The zero-order valence-electron chi connectivity index (χ0n) is 14.4. The van der Waals surface area contributed by atoms with Crippen LogP contribution >= 0.6 is 11.3 Å². The van der Waals surface area contributed by atoms with Crippen molar-refractivity contribution in [1.82, 2.24) is 10.3 Å². The van der Waals surface area contributed by atoms with Crippen molar-refractivity contribution in [3.63, 3.8) is 0 Å². The quantitative estimate of drug-likeness (QED) is 0.881. The Kier molecular flexibility index (Phi) is 4.94. The lowest BCUT2D eigenvalue weighted by Gasteiger charge is -2.32. The average Bonchev–Trinajstić information content (AvgIpc) is 3.09. The topological polar surface area (TPSA) is 78.9 Å². The fraction of sp³-hybridized carbons (Fsp3) is 0.444. The Labute approximate surface area is 155 Å². The largest absolute Gasteiger partial charge is 0.485 e. The average molecular weight is 376 g/mol. The molecule has 0 aromatic carbocycles. The van der Waals surface area contributed by atoms with Crippen LogP contribution in [-0.4, -0.2) is 49.5 Å². The van der Waals surface area contributed by atoms with E-state index in [9.17, 15) is 4.79 Å². The molecular formula is C18H20N2O5S. The van der Waals surface area contributed by atoms with Gasteiger partial charge in [0.25, 0.3) is 5.91 Å². The molecule has 26 heavy (non-hydrogen) atoms. The molecule has 0 bridgehead atoms. The molecule has 7 nitrogen and oxygen atoms in total. The first-order valence-corrected chi connectivity index (χ1v) is 9.43. The summed E-state index contributed by atoms with van der Waals surface area (Å²) in [5, 5.41) is 4.87. The molecular weight excluding hydrogens is 356 g/mol. The van der Waals surface area contributed by atoms with Crippen LogP contribution in [0.5, 0.6) is 17.2 Å². The van der Waals surface area contributed by atoms with E-state index in [0.29, 0.717) is 55.0 Å². The molecule has 1 N–H and O–H groups in total. The highest BCUT2D eigenvalue weighted by atomic mass is 32.1. The van der Waals surface area contributed by atoms with Crippen molar-refractivity contribution in [3.05, 3.63) is 34.3 Å². The maximum absolute atomic E-state index is 12.7. The van der Waals surface area contributed by atoms with Gasteiger partial charge in [0, 0.05) is 17.7 Å². The highest BCUT2D eigenvalue weighted by molar-refractivity contribution is 7.12. The van der Waals surface area contributed by atoms with Crippen molar-refractivity contribution in [2.75, 3.05) is 26.4 Å². The van der Waals surface area contributed by atoms with Crippen LogP contribution in [0.4, 0.5) is 0 Å². The predicted octanol–water partition coefficient (Wildman–Crippen LogP) is 2.19. The van der Waals surface area contributed by atoms with E-state index < -0.39 is 0 Å². The molecule has 2 aromatic rings. The molecule has 4 heterocycles. The number of amides is 1. The molecule has 8 heteroatoms. The van der Waals surface area contributed by atoms with Crippen LogP contribution in [0.25, 0.3) is 0 Å². The zero-order valence-corrected chi connectivity index (χ0v) is 15.2. The van der Waals surface area contributed by atoms with E-state index in [4.69, 9.17) is 18.9 Å². The van der Waals surface area contributed by atoms with Crippen LogP contribution in [-0.2, 0) is 4.74 Å². The number of hydrogen-bond donors (Lipinski definition) is 1. The molecule has 1 amide bonds. The summed E-state index contributed by atoms with van der Waals surface area (Å²) < 4.78 is 22.6. The number of hydrogen-bond acceptors (Lipinski definition) is 7. The minimum Gasteiger partial charge on any atom is -0.485 e. The molecule has 0 spiro atoms. The summed E-state index contributed by atoms with van der Waals surface area (Å²) in [4.78, 5) is 17.5. The second-order valence-electron chi connectivity index (χ2n) is 6.19. The van der Waals surface area contributed by atoms with Gasteiger partial charge in [-0.2, -0.15) is 0 Å². The fourth-order valence-electron chi connectivity index (χ4n) is 2.95. The first-order chi connectivity index (χ1) is 12.7. The van der Waals surface area contributed by atoms with Crippen molar-refractivity contribution in [2.45, 2.75) is 25.5 Å². The summed E-state index contributed by atoms with van der Waals surface area (Å²) in [6, 6.07) is 3.61. The Morgan fingerprint density at radius 1 is 1.31 bits per heavy atom. The minimum atomic E-state index is -0.273. The first-order valence-electron chi connectivity index (χ1n) is 8.56. The van der Waals surface area contributed by atoms with Gasteiger partial charge in [0.05, 0.1) is 18.8 Å². The summed E-state index contributed by atoms with van der Waals surface area (Å²) in [7, 11) is 0. The monoisotopic (exact) mass is 376 g/mol. The number of nitrogens with one attached hydrogen (secondary N) is 1. The molecule has 0 unspecified atom stereocenters. The Bertz CT molecular complexity index is 776. The van der Waals surface area contributed by atoms with E-state index in [1.54, 1.807) is 11.6 Å². The molecule has 0 radical (unpaired) electrons. The van der Waals surface area contributed by atoms with Gasteiger partial charge in [-0.15, -0.1) is 11.3 Å². The molecule has 138 valence electrons. The maximum Gasteiger partial charge on any atom is 0.265 e. The van der Waals surface area contributed by atoms with Gasteiger partial charge in [-0.3, -0.25) is 9.78 Å². The van der Waals surface area contributed by atoms with Crippen LogP contribution in [0.15, 0.2) is 23.7 Å². The predicted molar refractivity (Wildman–Crippen MR) is 95.4 cm³/mol. The van der Waals surface area contributed by atoms with E-state index in [1.807, 2.05) is 19.1 Å². The van der Waals surface area contributed by atoms with Crippen molar-refractivity contribution < 1.29 is 23.7 Å². The lowest BCUT2D eigenvalue weighted by molar-refractivity contribution is -0.0136. The number of aromatic nitrogens is 1. The normalized spacial score (nSPS) is 21.9. The molecule has 0 aliphatic carbocycles. The van der Waals surface area contributed by atoms with Gasteiger partial charge in [-0.25, -0.2) is 0 Å². The van der Waals surface area contributed by atoms with Gasteiger partial charge in [0.15, 0.2) is 11.5 Å². The summed E-state index contributed by atoms with van der Waals surface area (Å²) in [5.74, 6) is 1.66. The minimum absolute atomic E-state index is 0.153. The van der Waals surface area contributed by atoms with Gasteiger partial charge in [0.2, 0.25) is 0 Å².